The van der Waals surface area contributed by atoms with Gasteiger partial charge in [0.2, 0.25) is 5.91 Å². The van der Waals surface area contributed by atoms with E-state index in [0.717, 1.165) is 4.72 Å². The molecular formula is C8H16F3NO4SSi. The van der Waals surface area contributed by atoms with Crippen LogP contribution in [-0.4, -0.2) is 35.3 Å². The van der Waals surface area contributed by atoms with Gasteiger partial charge in [-0.25, -0.2) is 4.72 Å². The molecule has 0 aliphatic heterocycles. The first-order chi connectivity index (χ1) is 7.91. The van der Waals surface area contributed by atoms with Crippen molar-refractivity contribution in [3.63, 3.8) is 0 Å². The Morgan fingerprint density at radius 2 is 1.83 bits per heavy atom. The van der Waals surface area contributed by atoms with Crippen LogP contribution in [0.2, 0.25) is 19.1 Å². The molecule has 0 bridgehead atoms. The molecular weight excluding hydrogens is 291 g/mol. The lowest BCUT2D eigenvalue weighted by atomic mass is 10.3. The molecule has 0 unspecified atom stereocenters. The molecule has 0 saturated carbocycles. The molecule has 0 spiro atoms. The molecule has 0 saturated heterocycles. The van der Waals surface area contributed by atoms with Gasteiger partial charge in [0, 0.05) is 13.5 Å². The van der Waals surface area contributed by atoms with E-state index in [9.17, 15) is 26.4 Å². The minimum absolute atomic E-state index is 0.283. The minimum atomic E-state index is -5.59. The summed E-state index contributed by atoms with van der Waals surface area (Å²) >= 11 is 0. The van der Waals surface area contributed by atoms with Gasteiger partial charge in [-0.3, -0.25) is 4.79 Å². The van der Waals surface area contributed by atoms with Gasteiger partial charge in [0.1, 0.15) is 0 Å². The Morgan fingerprint density at radius 3 is 2.22 bits per heavy atom. The second kappa shape index (κ2) is 6.02. The van der Waals surface area contributed by atoms with Crippen molar-refractivity contribution >= 4 is 24.2 Å². The number of amides is 1. The maximum absolute atomic E-state index is 11.9. The van der Waals surface area contributed by atoms with E-state index in [4.69, 9.17) is 4.43 Å². The van der Waals surface area contributed by atoms with Crippen molar-refractivity contribution in [1.82, 2.24) is 4.72 Å². The Hall–Kier alpha value is -0.613. The second-order valence-electron chi connectivity index (χ2n) is 4.29. The van der Waals surface area contributed by atoms with Crippen molar-refractivity contribution in [2.45, 2.75) is 37.5 Å². The van der Waals surface area contributed by atoms with Crippen LogP contribution in [-0.2, 0) is 19.2 Å². The van der Waals surface area contributed by atoms with Crippen LogP contribution in [0.4, 0.5) is 13.2 Å². The predicted molar refractivity (Wildman–Crippen MR) is 61.6 cm³/mol. The number of hydrogen-bond acceptors (Lipinski definition) is 4. The highest BCUT2D eigenvalue weighted by Crippen LogP contribution is 2.22. The number of hydrogen-bond donors (Lipinski definition) is 1. The summed E-state index contributed by atoms with van der Waals surface area (Å²) in [6.07, 6.45) is 0.00136. The quantitative estimate of drug-likeness (QED) is 0.756. The highest BCUT2D eigenvalue weighted by atomic mass is 32.2. The molecule has 0 aromatic rings. The van der Waals surface area contributed by atoms with Gasteiger partial charge >= 0.3 is 15.5 Å². The Bertz CT molecular complexity index is 394. The van der Waals surface area contributed by atoms with Gasteiger partial charge in [0.05, 0.1) is 0 Å². The molecule has 108 valence electrons. The average molecular weight is 307 g/mol. The van der Waals surface area contributed by atoms with Crippen LogP contribution in [0.5, 0.6) is 0 Å². The topological polar surface area (TPSA) is 72.5 Å². The van der Waals surface area contributed by atoms with E-state index in [2.05, 4.69) is 0 Å². The van der Waals surface area contributed by atoms with E-state index < -0.39 is 29.8 Å². The van der Waals surface area contributed by atoms with Gasteiger partial charge < -0.3 is 4.43 Å². The smallest absolute Gasteiger partial charge is 0.420 e. The summed E-state index contributed by atoms with van der Waals surface area (Å²) in [6.45, 7) is 3.77. The molecule has 0 fully saturated rings. The molecule has 10 heteroatoms. The Morgan fingerprint density at radius 1 is 1.33 bits per heavy atom. The Labute approximate surface area is 105 Å². The third-order valence-electron chi connectivity index (χ3n) is 2.29. The lowest BCUT2D eigenvalue weighted by Gasteiger charge is -2.19. The zero-order valence-electron chi connectivity index (χ0n) is 10.3. The molecule has 0 aromatic carbocycles. The molecule has 18 heavy (non-hydrogen) atoms. The van der Waals surface area contributed by atoms with E-state index in [0.29, 0.717) is 6.04 Å². The number of alkyl halides is 3. The van der Waals surface area contributed by atoms with E-state index >= 15 is 0 Å². The van der Waals surface area contributed by atoms with Crippen LogP contribution in [0.3, 0.4) is 0 Å². The van der Waals surface area contributed by atoms with Crippen molar-refractivity contribution in [3.05, 3.63) is 0 Å². The largest absolute Gasteiger partial charge is 0.516 e. The van der Waals surface area contributed by atoms with E-state index in [-0.39, 0.29) is 12.8 Å². The zero-order chi connectivity index (χ0) is 14.6. The first-order valence-electron chi connectivity index (χ1n) is 5.08. The Balaban J connectivity index is 4.24. The van der Waals surface area contributed by atoms with Crippen molar-refractivity contribution in [2.24, 2.45) is 0 Å². The van der Waals surface area contributed by atoms with Gasteiger partial charge in [-0.1, -0.05) is 0 Å². The first kappa shape index (κ1) is 17.4. The highest BCUT2D eigenvalue weighted by molar-refractivity contribution is 7.90. The number of nitrogens with one attached hydrogen (secondary N) is 1. The summed E-state index contributed by atoms with van der Waals surface area (Å²) in [7, 11) is -5.95. The second-order valence-corrected chi connectivity index (χ2v) is 10.4. The maximum atomic E-state index is 11.9. The standard InChI is InChI=1S/C8H16F3NO4SSi/c1-16-18(2,3)6-4-5-7(13)12-17(14,15)8(9,10)11/h4-6H2,1-3H3,(H,12,13). The van der Waals surface area contributed by atoms with Crippen molar-refractivity contribution in [2.75, 3.05) is 7.11 Å². The van der Waals surface area contributed by atoms with Crippen LogP contribution in [0.15, 0.2) is 0 Å². The van der Waals surface area contributed by atoms with E-state index in [1.807, 2.05) is 13.1 Å². The number of carbonyl (C=O) groups excluding carboxylic acids is 1. The fraction of sp³-hybridized carbons (Fsp3) is 0.875. The third kappa shape index (κ3) is 5.82. The summed E-state index contributed by atoms with van der Waals surface area (Å²) in [4.78, 5) is 11.1. The molecule has 0 aliphatic carbocycles. The van der Waals surface area contributed by atoms with Crippen molar-refractivity contribution < 1.29 is 30.8 Å². The maximum Gasteiger partial charge on any atom is 0.516 e. The first-order valence-corrected chi connectivity index (χ1v) is 9.68. The fourth-order valence-electron chi connectivity index (χ4n) is 1.04. The molecule has 0 heterocycles. The summed E-state index contributed by atoms with van der Waals surface area (Å²) in [5.74, 6) is -1.16. The molecule has 5 nitrogen and oxygen atoms in total. The molecule has 0 radical (unpaired) electrons. The van der Waals surface area contributed by atoms with Gasteiger partial charge in [-0.15, -0.1) is 0 Å². The third-order valence-corrected chi connectivity index (χ3v) is 6.06. The summed E-state index contributed by atoms with van der Waals surface area (Å²) < 4.78 is 63.2. The molecule has 0 atom stereocenters. The predicted octanol–water partition coefficient (Wildman–Crippen LogP) is 1.58. The molecule has 0 aromatic heterocycles. The number of halogens is 3. The van der Waals surface area contributed by atoms with Crippen LogP contribution in [0.25, 0.3) is 0 Å². The zero-order valence-corrected chi connectivity index (χ0v) is 12.1. The van der Waals surface area contributed by atoms with Gasteiger partial charge in [-0.05, 0) is 25.6 Å². The SMILES string of the molecule is CO[Si](C)(C)CCCC(=O)NS(=O)(=O)C(F)(F)F. The number of carbonyl (C=O) groups is 1. The van der Waals surface area contributed by atoms with Crippen molar-refractivity contribution in [3.8, 4) is 0 Å². The normalized spacial score (nSPS) is 13.4. The summed E-state index contributed by atoms with van der Waals surface area (Å²) in [5.41, 5.74) is -5.47. The fourth-order valence-corrected chi connectivity index (χ4v) is 2.79. The van der Waals surface area contributed by atoms with Crippen LogP contribution < -0.4 is 4.72 Å². The van der Waals surface area contributed by atoms with Crippen LogP contribution in [0.1, 0.15) is 12.8 Å². The minimum Gasteiger partial charge on any atom is -0.420 e. The van der Waals surface area contributed by atoms with Crippen molar-refractivity contribution in [1.29, 1.82) is 0 Å². The van der Waals surface area contributed by atoms with E-state index in [1.165, 1.54) is 7.11 Å². The van der Waals surface area contributed by atoms with Gasteiger partial charge in [0.15, 0.2) is 8.32 Å². The average Bonchev–Trinajstić information content (AvgIpc) is 2.14. The van der Waals surface area contributed by atoms with Crippen LogP contribution in [0, 0.1) is 0 Å². The van der Waals surface area contributed by atoms with E-state index in [1.54, 1.807) is 0 Å². The molecule has 1 N–H and O–H groups in total. The van der Waals surface area contributed by atoms with Gasteiger partial charge in [-0.2, -0.15) is 21.6 Å². The van der Waals surface area contributed by atoms with Crippen LogP contribution >= 0.6 is 0 Å². The summed E-state index contributed by atoms with van der Waals surface area (Å²) in [5, 5.41) is 0. The van der Waals surface area contributed by atoms with Gasteiger partial charge in [0.25, 0.3) is 0 Å². The molecule has 1 amide bonds. The monoisotopic (exact) mass is 307 g/mol. The lowest BCUT2D eigenvalue weighted by molar-refractivity contribution is -0.120. The number of sulfonamides is 1. The number of rotatable bonds is 6. The Kier molecular flexibility index (Phi) is 5.81. The molecule has 0 rings (SSSR count). The lowest BCUT2D eigenvalue weighted by Crippen LogP contribution is -2.40. The summed E-state index contributed by atoms with van der Waals surface area (Å²) in [6, 6.07) is 0.559. The highest BCUT2D eigenvalue weighted by Gasteiger charge is 2.46. The molecule has 0 aliphatic rings.